The third-order valence-corrected chi connectivity index (χ3v) is 5.02. The normalized spacial score (nSPS) is 18.5. The lowest BCUT2D eigenvalue weighted by Gasteiger charge is -2.26. The standard InChI is InChI=1S/C22H22FN3O3/c1-3-14-25(18-8-6-5-7-9-18)19(27)15-26-20(28)22(4-2,24-21(26)29)16-10-12-17(23)13-11-16/h3,5-13H,1,4,14-15H2,2H3,(H,24,29)/t22-/m0/s1. The highest BCUT2D eigenvalue weighted by molar-refractivity contribution is 6.10. The molecule has 0 aromatic heterocycles. The van der Waals surface area contributed by atoms with Gasteiger partial charge in [0.15, 0.2) is 0 Å². The molecule has 7 heteroatoms. The van der Waals surface area contributed by atoms with Gasteiger partial charge in [-0.15, -0.1) is 6.58 Å². The molecule has 6 nitrogen and oxygen atoms in total. The van der Waals surface area contributed by atoms with Gasteiger partial charge in [0.1, 0.15) is 17.9 Å². The Morgan fingerprint density at radius 1 is 1.17 bits per heavy atom. The van der Waals surface area contributed by atoms with Gasteiger partial charge in [-0.3, -0.25) is 14.5 Å². The molecule has 0 unspecified atom stereocenters. The molecule has 0 radical (unpaired) electrons. The lowest BCUT2D eigenvalue weighted by atomic mass is 9.87. The van der Waals surface area contributed by atoms with Gasteiger partial charge in [-0.05, 0) is 36.2 Å². The summed E-state index contributed by atoms with van der Waals surface area (Å²) in [5.74, 6) is -1.38. The zero-order valence-corrected chi connectivity index (χ0v) is 16.1. The molecular formula is C22H22FN3O3. The van der Waals surface area contributed by atoms with Crippen molar-refractivity contribution in [1.82, 2.24) is 10.2 Å². The minimum Gasteiger partial charge on any atom is -0.319 e. The number of benzene rings is 2. The fourth-order valence-corrected chi connectivity index (χ4v) is 3.45. The highest BCUT2D eigenvalue weighted by Crippen LogP contribution is 2.32. The lowest BCUT2D eigenvalue weighted by molar-refractivity contribution is -0.134. The topological polar surface area (TPSA) is 69.7 Å². The molecule has 1 heterocycles. The van der Waals surface area contributed by atoms with Gasteiger partial charge in [0.25, 0.3) is 5.91 Å². The van der Waals surface area contributed by atoms with Crippen molar-refractivity contribution < 1.29 is 18.8 Å². The van der Waals surface area contributed by atoms with Crippen LogP contribution in [0, 0.1) is 5.82 Å². The summed E-state index contributed by atoms with van der Waals surface area (Å²) in [5, 5.41) is 2.69. The summed E-state index contributed by atoms with van der Waals surface area (Å²) >= 11 is 0. The van der Waals surface area contributed by atoms with Crippen molar-refractivity contribution in [3.63, 3.8) is 0 Å². The van der Waals surface area contributed by atoms with Crippen LogP contribution in [-0.2, 0) is 15.1 Å². The number of nitrogens with one attached hydrogen (secondary N) is 1. The van der Waals surface area contributed by atoms with Gasteiger partial charge < -0.3 is 10.2 Å². The molecule has 2 aromatic rings. The van der Waals surface area contributed by atoms with Crippen LogP contribution in [0.3, 0.4) is 0 Å². The smallest absolute Gasteiger partial charge is 0.319 e. The number of urea groups is 1. The molecule has 150 valence electrons. The monoisotopic (exact) mass is 395 g/mol. The van der Waals surface area contributed by atoms with E-state index >= 15 is 0 Å². The Kier molecular flexibility index (Phi) is 5.77. The zero-order chi connectivity index (χ0) is 21.0. The lowest BCUT2D eigenvalue weighted by Crippen LogP contribution is -2.45. The van der Waals surface area contributed by atoms with E-state index in [0.29, 0.717) is 11.3 Å². The summed E-state index contributed by atoms with van der Waals surface area (Å²) in [7, 11) is 0. The summed E-state index contributed by atoms with van der Waals surface area (Å²) in [6.45, 7) is 5.25. The van der Waals surface area contributed by atoms with Crippen molar-refractivity contribution >= 4 is 23.5 Å². The fraction of sp³-hybridized carbons (Fsp3) is 0.227. The van der Waals surface area contributed by atoms with Gasteiger partial charge in [0.05, 0.1) is 0 Å². The van der Waals surface area contributed by atoms with Crippen molar-refractivity contribution in [3.8, 4) is 0 Å². The quantitative estimate of drug-likeness (QED) is 0.578. The van der Waals surface area contributed by atoms with Gasteiger partial charge in [0.2, 0.25) is 5.91 Å². The largest absolute Gasteiger partial charge is 0.325 e. The second-order valence-electron chi connectivity index (χ2n) is 6.72. The Morgan fingerprint density at radius 3 is 2.41 bits per heavy atom. The number of anilines is 1. The summed E-state index contributed by atoms with van der Waals surface area (Å²) < 4.78 is 13.3. The van der Waals surface area contributed by atoms with E-state index in [1.54, 1.807) is 37.3 Å². The van der Waals surface area contributed by atoms with E-state index in [1.807, 2.05) is 6.07 Å². The number of carbonyl (C=O) groups excluding carboxylic acids is 3. The third kappa shape index (κ3) is 3.76. The summed E-state index contributed by atoms with van der Waals surface area (Å²) in [6, 6.07) is 13.7. The maximum absolute atomic E-state index is 13.3. The number of nitrogens with zero attached hydrogens (tertiary/aromatic N) is 2. The number of imide groups is 1. The molecule has 4 amide bonds. The second kappa shape index (κ2) is 8.26. The van der Waals surface area contributed by atoms with E-state index < -0.39 is 35.7 Å². The van der Waals surface area contributed by atoms with E-state index in [0.717, 1.165) is 4.90 Å². The molecule has 29 heavy (non-hydrogen) atoms. The number of carbonyl (C=O) groups is 3. The van der Waals surface area contributed by atoms with Crippen molar-refractivity contribution in [2.45, 2.75) is 18.9 Å². The van der Waals surface area contributed by atoms with Crippen LogP contribution < -0.4 is 10.2 Å². The molecule has 0 bridgehead atoms. The molecule has 1 atom stereocenters. The van der Waals surface area contributed by atoms with Crippen LogP contribution in [0.4, 0.5) is 14.9 Å². The Balaban J connectivity index is 1.86. The Bertz CT molecular complexity index is 930. The van der Waals surface area contributed by atoms with E-state index in [-0.39, 0.29) is 13.0 Å². The Morgan fingerprint density at radius 2 is 1.83 bits per heavy atom. The van der Waals surface area contributed by atoms with E-state index in [4.69, 9.17) is 0 Å². The molecule has 0 aliphatic carbocycles. The highest BCUT2D eigenvalue weighted by atomic mass is 19.1. The first kappa shape index (κ1) is 20.3. The zero-order valence-electron chi connectivity index (χ0n) is 16.1. The van der Waals surface area contributed by atoms with Gasteiger partial charge in [-0.1, -0.05) is 43.3 Å². The molecule has 2 aromatic carbocycles. The maximum Gasteiger partial charge on any atom is 0.325 e. The number of rotatable bonds is 7. The number of hydrogen-bond acceptors (Lipinski definition) is 3. The summed E-state index contributed by atoms with van der Waals surface area (Å²) in [5.41, 5.74) is -0.202. The molecule has 0 saturated carbocycles. The minimum atomic E-state index is -1.32. The molecule has 1 fully saturated rings. The SMILES string of the molecule is C=CCN(C(=O)CN1C(=O)N[C@@](CC)(c2ccc(F)cc2)C1=O)c1ccccc1. The first-order valence-corrected chi connectivity index (χ1v) is 9.29. The molecule has 1 N–H and O–H groups in total. The summed E-state index contributed by atoms with van der Waals surface area (Å²) in [4.78, 5) is 41.0. The molecular weight excluding hydrogens is 373 g/mol. The predicted molar refractivity (Wildman–Crippen MR) is 108 cm³/mol. The number of para-hydroxylation sites is 1. The van der Waals surface area contributed by atoms with Crippen LogP contribution in [0.25, 0.3) is 0 Å². The van der Waals surface area contributed by atoms with Crippen LogP contribution in [0.5, 0.6) is 0 Å². The molecule has 3 rings (SSSR count). The van der Waals surface area contributed by atoms with Gasteiger partial charge in [-0.25, -0.2) is 9.18 Å². The van der Waals surface area contributed by atoms with Crippen molar-refractivity contribution in [1.29, 1.82) is 0 Å². The van der Waals surface area contributed by atoms with Crippen LogP contribution >= 0.6 is 0 Å². The van der Waals surface area contributed by atoms with Gasteiger partial charge >= 0.3 is 6.03 Å². The maximum atomic E-state index is 13.3. The van der Waals surface area contributed by atoms with Crippen molar-refractivity contribution in [2.75, 3.05) is 18.0 Å². The number of hydrogen-bond donors (Lipinski definition) is 1. The second-order valence-corrected chi connectivity index (χ2v) is 6.72. The van der Waals surface area contributed by atoms with Crippen LogP contribution in [0.15, 0.2) is 67.3 Å². The molecule has 1 saturated heterocycles. The van der Waals surface area contributed by atoms with Gasteiger partial charge in [0, 0.05) is 12.2 Å². The summed E-state index contributed by atoms with van der Waals surface area (Å²) in [6.07, 6.45) is 1.84. The average Bonchev–Trinajstić information content (AvgIpc) is 2.98. The van der Waals surface area contributed by atoms with Crippen molar-refractivity contribution in [3.05, 3.63) is 78.6 Å². The van der Waals surface area contributed by atoms with Gasteiger partial charge in [-0.2, -0.15) is 0 Å². The minimum absolute atomic E-state index is 0.239. The fourth-order valence-electron chi connectivity index (χ4n) is 3.45. The molecule has 1 aliphatic rings. The average molecular weight is 395 g/mol. The van der Waals surface area contributed by atoms with E-state index in [2.05, 4.69) is 11.9 Å². The number of halogens is 1. The van der Waals surface area contributed by atoms with Crippen molar-refractivity contribution in [2.24, 2.45) is 0 Å². The van der Waals surface area contributed by atoms with Crippen LogP contribution in [-0.4, -0.2) is 35.8 Å². The first-order chi connectivity index (χ1) is 13.9. The highest BCUT2D eigenvalue weighted by Gasteiger charge is 2.51. The third-order valence-electron chi connectivity index (χ3n) is 5.02. The molecule has 0 spiro atoms. The van der Waals surface area contributed by atoms with Crippen LogP contribution in [0.2, 0.25) is 0 Å². The Labute approximate surface area is 168 Å². The molecule has 1 aliphatic heterocycles. The van der Waals surface area contributed by atoms with Crippen LogP contribution in [0.1, 0.15) is 18.9 Å². The van der Waals surface area contributed by atoms with E-state index in [9.17, 15) is 18.8 Å². The van der Waals surface area contributed by atoms with E-state index in [1.165, 1.54) is 29.2 Å². The first-order valence-electron chi connectivity index (χ1n) is 9.29. The number of amides is 4. The Hall–Kier alpha value is -3.48. The predicted octanol–water partition coefficient (Wildman–Crippen LogP) is 3.20.